The van der Waals surface area contributed by atoms with Crippen molar-refractivity contribution < 1.29 is 14.7 Å². The first-order valence-electron chi connectivity index (χ1n) is 5.56. The van der Waals surface area contributed by atoms with E-state index in [0.29, 0.717) is 19.4 Å². The lowest BCUT2D eigenvalue weighted by Crippen LogP contribution is -2.44. The van der Waals surface area contributed by atoms with Crippen molar-refractivity contribution in [2.45, 2.75) is 19.3 Å². The highest BCUT2D eigenvalue weighted by Crippen LogP contribution is 2.34. The Morgan fingerprint density at radius 2 is 2.24 bits per heavy atom. The van der Waals surface area contributed by atoms with Crippen molar-refractivity contribution in [1.29, 1.82) is 0 Å². The molecule has 2 atom stereocenters. The minimum absolute atomic E-state index is 0.131. The zero-order valence-corrected chi connectivity index (χ0v) is 10.1. The maximum Gasteiger partial charge on any atom is 0.307 e. The first-order valence-corrected chi connectivity index (χ1v) is 6.44. The van der Waals surface area contributed by atoms with Crippen LogP contribution in [0.1, 0.15) is 17.7 Å². The Kier molecular flexibility index (Phi) is 3.73. The van der Waals surface area contributed by atoms with Crippen molar-refractivity contribution in [2.24, 2.45) is 11.8 Å². The van der Waals surface area contributed by atoms with E-state index in [2.05, 4.69) is 10.3 Å². The number of aromatic nitrogens is 1. The minimum Gasteiger partial charge on any atom is -0.481 e. The van der Waals surface area contributed by atoms with E-state index in [0.717, 1.165) is 11.3 Å². The van der Waals surface area contributed by atoms with E-state index in [1.165, 1.54) is 0 Å². The van der Waals surface area contributed by atoms with Crippen LogP contribution in [0, 0.1) is 11.8 Å². The Morgan fingerprint density at radius 3 is 2.76 bits per heavy atom. The predicted molar refractivity (Wildman–Crippen MR) is 62.7 cm³/mol. The molecule has 92 valence electrons. The van der Waals surface area contributed by atoms with Crippen LogP contribution in [0.15, 0.2) is 11.7 Å². The van der Waals surface area contributed by atoms with Gasteiger partial charge in [0.1, 0.15) is 0 Å². The van der Waals surface area contributed by atoms with E-state index in [1.807, 2.05) is 0 Å². The topological polar surface area (TPSA) is 79.3 Å². The zero-order chi connectivity index (χ0) is 12.3. The summed E-state index contributed by atoms with van der Waals surface area (Å²) in [6.07, 6.45) is 3.83. The molecule has 0 spiro atoms. The number of hydrogen-bond donors (Lipinski definition) is 2. The molecule has 0 bridgehead atoms. The van der Waals surface area contributed by atoms with Crippen LogP contribution in [-0.4, -0.2) is 28.5 Å². The summed E-state index contributed by atoms with van der Waals surface area (Å²) in [5.74, 6) is -1.82. The van der Waals surface area contributed by atoms with E-state index in [1.54, 1.807) is 23.0 Å². The van der Waals surface area contributed by atoms with Crippen molar-refractivity contribution in [3.63, 3.8) is 0 Å². The number of nitrogens with zero attached hydrogens (tertiary/aromatic N) is 1. The third-order valence-corrected chi connectivity index (χ3v) is 3.92. The Morgan fingerprint density at radius 1 is 1.47 bits per heavy atom. The number of aliphatic carboxylic acids is 1. The van der Waals surface area contributed by atoms with E-state index >= 15 is 0 Å². The summed E-state index contributed by atoms with van der Waals surface area (Å²) in [7, 11) is 0. The molecular formula is C11H14N2O3S. The van der Waals surface area contributed by atoms with Gasteiger partial charge in [0, 0.05) is 24.0 Å². The third kappa shape index (κ3) is 2.82. The van der Waals surface area contributed by atoms with Crippen molar-refractivity contribution in [3.05, 3.63) is 16.6 Å². The molecule has 0 unspecified atom stereocenters. The number of hydrogen-bond acceptors (Lipinski definition) is 4. The molecule has 1 aliphatic carbocycles. The number of thiazole rings is 1. The second-order valence-electron chi connectivity index (χ2n) is 4.14. The molecule has 1 saturated carbocycles. The molecular weight excluding hydrogens is 240 g/mol. The molecule has 17 heavy (non-hydrogen) atoms. The molecule has 1 amide bonds. The van der Waals surface area contributed by atoms with Crippen LogP contribution in [0.4, 0.5) is 0 Å². The summed E-state index contributed by atoms with van der Waals surface area (Å²) in [6.45, 7) is 0.546. The van der Waals surface area contributed by atoms with Crippen LogP contribution in [-0.2, 0) is 16.0 Å². The highest BCUT2D eigenvalue weighted by atomic mass is 32.1. The molecule has 1 aliphatic rings. The summed E-state index contributed by atoms with van der Waals surface area (Å²) in [4.78, 5) is 27.5. The molecule has 5 nitrogen and oxygen atoms in total. The summed E-state index contributed by atoms with van der Waals surface area (Å²) < 4.78 is 0. The highest BCUT2D eigenvalue weighted by molar-refractivity contribution is 7.09. The van der Waals surface area contributed by atoms with Crippen molar-refractivity contribution in [1.82, 2.24) is 10.3 Å². The fraction of sp³-hybridized carbons (Fsp3) is 0.545. The number of nitrogens with one attached hydrogen (secondary N) is 1. The van der Waals surface area contributed by atoms with E-state index in [9.17, 15) is 9.59 Å². The Balaban J connectivity index is 1.72. The summed E-state index contributed by atoms with van der Waals surface area (Å²) in [5.41, 5.74) is 1.75. The van der Waals surface area contributed by atoms with Crippen LogP contribution < -0.4 is 5.32 Å². The first kappa shape index (κ1) is 12.0. The normalized spacial score (nSPS) is 22.8. The van der Waals surface area contributed by atoms with Crippen LogP contribution in [0.25, 0.3) is 0 Å². The number of carbonyl (C=O) groups excluding carboxylic acids is 1. The smallest absolute Gasteiger partial charge is 0.307 e. The molecule has 1 aromatic heterocycles. The second kappa shape index (κ2) is 5.27. The molecule has 2 N–H and O–H groups in total. The van der Waals surface area contributed by atoms with Crippen LogP contribution >= 0.6 is 11.3 Å². The Labute approximate surface area is 103 Å². The van der Waals surface area contributed by atoms with Gasteiger partial charge in [0.2, 0.25) is 5.91 Å². The van der Waals surface area contributed by atoms with Crippen LogP contribution in [0.3, 0.4) is 0 Å². The predicted octanol–water partition coefficient (Wildman–Crippen LogP) is 0.913. The summed E-state index contributed by atoms with van der Waals surface area (Å²) in [6, 6.07) is 0. The molecule has 0 aliphatic heterocycles. The standard InChI is InChI=1S/C11H14N2O3S/c14-10(8-1-2-9(8)11(15)16)13-4-3-7-5-12-6-17-7/h5-6,8-9H,1-4H2,(H,13,14)(H,15,16)/t8-,9+/m0/s1. The quantitative estimate of drug-likeness (QED) is 0.818. The summed E-state index contributed by atoms with van der Waals surface area (Å²) >= 11 is 1.55. The average Bonchev–Trinajstić information content (AvgIpc) is 2.67. The molecule has 6 heteroatoms. The molecule has 1 aromatic rings. The number of carbonyl (C=O) groups is 2. The van der Waals surface area contributed by atoms with Crippen molar-refractivity contribution in [2.75, 3.05) is 6.54 Å². The van der Waals surface area contributed by atoms with E-state index in [4.69, 9.17) is 5.11 Å². The molecule has 0 radical (unpaired) electrons. The molecule has 1 heterocycles. The van der Waals surface area contributed by atoms with Gasteiger partial charge in [0.15, 0.2) is 0 Å². The SMILES string of the molecule is O=C(NCCc1cncs1)[C@H]1CC[C@H]1C(=O)O. The lowest BCUT2D eigenvalue weighted by molar-refractivity contribution is -0.152. The van der Waals surface area contributed by atoms with Gasteiger partial charge in [-0.1, -0.05) is 0 Å². The maximum atomic E-state index is 11.7. The van der Waals surface area contributed by atoms with Crippen molar-refractivity contribution >= 4 is 23.2 Å². The number of carboxylic acid groups (broad SMARTS) is 1. The van der Waals surface area contributed by atoms with E-state index in [-0.39, 0.29) is 11.8 Å². The zero-order valence-electron chi connectivity index (χ0n) is 9.26. The minimum atomic E-state index is -0.862. The molecule has 2 rings (SSSR count). The molecule has 1 fully saturated rings. The number of rotatable bonds is 5. The van der Waals surface area contributed by atoms with Gasteiger partial charge in [-0.05, 0) is 12.8 Å². The van der Waals surface area contributed by atoms with E-state index < -0.39 is 11.9 Å². The fourth-order valence-corrected chi connectivity index (χ4v) is 2.51. The van der Waals surface area contributed by atoms with Gasteiger partial charge in [-0.15, -0.1) is 11.3 Å². The highest BCUT2D eigenvalue weighted by Gasteiger charge is 2.41. The second-order valence-corrected chi connectivity index (χ2v) is 5.11. The van der Waals surface area contributed by atoms with Crippen LogP contribution in [0.5, 0.6) is 0 Å². The van der Waals surface area contributed by atoms with Gasteiger partial charge < -0.3 is 10.4 Å². The van der Waals surface area contributed by atoms with Gasteiger partial charge >= 0.3 is 5.97 Å². The van der Waals surface area contributed by atoms with Gasteiger partial charge in [0.05, 0.1) is 17.3 Å². The number of carboxylic acids is 1. The Bertz CT molecular complexity index is 405. The first-order chi connectivity index (χ1) is 8.18. The maximum absolute atomic E-state index is 11.7. The summed E-state index contributed by atoms with van der Waals surface area (Å²) in [5, 5.41) is 11.6. The van der Waals surface area contributed by atoms with Gasteiger partial charge in [-0.25, -0.2) is 0 Å². The Hall–Kier alpha value is -1.43. The lowest BCUT2D eigenvalue weighted by atomic mass is 9.73. The average molecular weight is 254 g/mol. The van der Waals surface area contributed by atoms with Crippen molar-refractivity contribution in [3.8, 4) is 0 Å². The molecule has 0 saturated heterocycles. The third-order valence-electron chi connectivity index (χ3n) is 3.08. The lowest BCUT2D eigenvalue weighted by Gasteiger charge is -2.31. The molecule has 0 aromatic carbocycles. The largest absolute Gasteiger partial charge is 0.481 e. The monoisotopic (exact) mass is 254 g/mol. The van der Waals surface area contributed by atoms with Gasteiger partial charge in [-0.3, -0.25) is 14.6 Å². The van der Waals surface area contributed by atoms with Crippen LogP contribution in [0.2, 0.25) is 0 Å². The van der Waals surface area contributed by atoms with Gasteiger partial charge in [-0.2, -0.15) is 0 Å². The number of amides is 1. The van der Waals surface area contributed by atoms with Gasteiger partial charge in [0.25, 0.3) is 0 Å². The fourth-order valence-electron chi connectivity index (χ4n) is 1.91.